The molecule has 0 fully saturated rings. The molecule has 0 atom stereocenters. The number of hydrogen-bond donors (Lipinski definition) is 1. The van der Waals surface area contributed by atoms with Crippen LogP contribution in [0, 0.1) is 0 Å². The Morgan fingerprint density at radius 2 is 0.844 bits per heavy atom. The number of nitrogens with zero attached hydrogens (tertiary/aromatic N) is 1. The summed E-state index contributed by atoms with van der Waals surface area (Å²) in [6.45, 7) is 4.82. The van der Waals surface area contributed by atoms with Gasteiger partial charge in [0.05, 0.1) is 0 Å². The van der Waals surface area contributed by atoms with Crippen LogP contribution < -0.4 is 0 Å². The van der Waals surface area contributed by atoms with E-state index in [0.29, 0.717) is 6.54 Å². The fraction of sp³-hybridized carbons (Fsp3) is 0.659. The summed E-state index contributed by atoms with van der Waals surface area (Å²) in [4.78, 5) is 28.1. The van der Waals surface area contributed by atoms with Gasteiger partial charge in [0.25, 0.3) is 0 Å². The van der Waals surface area contributed by atoms with E-state index in [9.17, 15) is 14.7 Å². The molecule has 0 radical (unpaired) electrons. The van der Waals surface area contributed by atoms with Crippen LogP contribution in [0.25, 0.3) is 0 Å². The molecule has 0 unspecified atom stereocenters. The lowest BCUT2D eigenvalue weighted by molar-refractivity contribution is -0.152. The number of unbranched alkanes of at least 4 members (excludes halogenated alkanes) is 10. The van der Waals surface area contributed by atoms with Crippen LogP contribution in [0.2, 0.25) is 0 Å². The predicted molar refractivity (Wildman–Crippen MR) is 197 cm³/mol. The first-order valence-electron chi connectivity index (χ1n) is 18.2. The molecule has 0 heterocycles. The van der Waals surface area contributed by atoms with Crippen LogP contribution in [0.5, 0.6) is 0 Å². The Morgan fingerprint density at radius 3 is 1.22 bits per heavy atom. The van der Waals surface area contributed by atoms with E-state index in [2.05, 4.69) is 86.8 Å². The Labute approximate surface area is 278 Å². The van der Waals surface area contributed by atoms with Crippen molar-refractivity contribution < 1.29 is 14.7 Å². The van der Waals surface area contributed by atoms with Crippen molar-refractivity contribution in [2.75, 3.05) is 20.6 Å². The summed E-state index contributed by atoms with van der Waals surface area (Å²) in [6.07, 6.45) is 46.0. The second-order valence-corrected chi connectivity index (χ2v) is 12.5. The molecular formula is C41H69NO3. The summed E-state index contributed by atoms with van der Waals surface area (Å²) in [5.41, 5.74) is -1.83. The van der Waals surface area contributed by atoms with Gasteiger partial charge in [-0.2, -0.15) is 0 Å². The lowest BCUT2D eigenvalue weighted by Gasteiger charge is -2.27. The van der Waals surface area contributed by atoms with E-state index in [1.165, 1.54) is 0 Å². The summed E-state index contributed by atoms with van der Waals surface area (Å²) in [7, 11) is 3.82. The van der Waals surface area contributed by atoms with Gasteiger partial charge in [-0.3, -0.25) is 9.59 Å². The van der Waals surface area contributed by atoms with Crippen LogP contribution in [0.15, 0.2) is 72.9 Å². The maximum atomic E-state index is 13.1. The molecule has 0 aromatic rings. The maximum Gasteiger partial charge on any atom is 0.182 e. The highest BCUT2D eigenvalue weighted by molar-refractivity contribution is 6.10. The van der Waals surface area contributed by atoms with E-state index >= 15 is 0 Å². The van der Waals surface area contributed by atoms with Crippen molar-refractivity contribution in [2.24, 2.45) is 0 Å². The van der Waals surface area contributed by atoms with Crippen LogP contribution in [0.4, 0.5) is 0 Å². The number of aliphatic hydroxyl groups is 1. The Morgan fingerprint density at radius 1 is 0.511 bits per heavy atom. The average Bonchev–Trinajstić information content (AvgIpc) is 3.03. The number of carbonyl (C=O) groups is 2. The lowest BCUT2D eigenvalue weighted by atomic mass is 9.84. The predicted octanol–water partition coefficient (Wildman–Crippen LogP) is 11.0. The molecule has 4 nitrogen and oxygen atoms in total. The number of Topliss-reactive ketones (excluding diaryl/α,β-unsaturated/α-hetero) is 2. The van der Waals surface area contributed by atoms with Crippen molar-refractivity contribution in [3.63, 3.8) is 0 Å². The first-order valence-corrected chi connectivity index (χ1v) is 18.2. The van der Waals surface area contributed by atoms with Gasteiger partial charge in [0.1, 0.15) is 0 Å². The third-order valence-electron chi connectivity index (χ3n) is 7.95. The Bertz CT molecular complexity index is 826. The Hall–Kier alpha value is -2.30. The van der Waals surface area contributed by atoms with Gasteiger partial charge in [-0.1, -0.05) is 125 Å². The van der Waals surface area contributed by atoms with Crippen LogP contribution in [0.3, 0.4) is 0 Å². The molecule has 0 saturated carbocycles. The minimum atomic E-state index is -1.83. The highest BCUT2D eigenvalue weighted by Crippen LogP contribution is 2.22. The fourth-order valence-electron chi connectivity index (χ4n) is 5.04. The van der Waals surface area contributed by atoms with E-state index in [-0.39, 0.29) is 30.8 Å². The summed E-state index contributed by atoms with van der Waals surface area (Å²) in [6, 6.07) is 0. The summed E-state index contributed by atoms with van der Waals surface area (Å²) < 4.78 is 0. The van der Waals surface area contributed by atoms with Gasteiger partial charge >= 0.3 is 0 Å². The smallest absolute Gasteiger partial charge is 0.182 e. The second kappa shape index (κ2) is 31.7. The molecule has 0 aromatic heterocycles. The van der Waals surface area contributed by atoms with Crippen molar-refractivity contribution in [3.05, 3.63) is 72.9 Å². The largest absolute Gasteiger partial charge is 0.374 e. The topological polar surface area (TPSA) is 57.6 Å². The quantitative estimate of drug-likeness (QED) is 0.0474. The monoisotopic (exact) mass is 624 g/mol. The average molecular weight is 624 g/mol. The van der Waals surface area contributed by atoms with Crippen LogP contribution in [0.1, 0.15) is 149 Å². The first kappa shape index (κ1) is 42.7. The normalized spacial score (nSPS) is 13.0. The van der Waals surface area contributed by atoms with Crippen molar-refractivity contribution in [2.45, 2.75) is 154 Å². The van der Waals surface area contributed by atoms with Gasteiger partial charge in [0, 0.05) is 25.8 Å². The summed E-state index contributed by atoms with van der Waals surface area (Å²) >= 11 is 0. The van der Waals surface area contributed by atoms with E-state index in [4.69, 9.17) is 0 Å². The van der Waals surface area contributed by atoms with E-state index in [0.717, 1.165) is 116 Å². The molecule has 0 rings (SSSR count). The molecule has 0 aromatic carbocycles. The van der Waals surface area contributed by atoms with Gasteiger partial charge in [0.15, 0.2) is 17.2 Å². The molecule has 0 spiro atoms. The van der Waals surface area contributed by atoms with Gasteiger partial charge in [0.2, 0.25) is 0 Å². The number of allylic oxidation sites excluding steroid dienone is 12. The molecule has 1 N–H and O–H groups in total. The lowest BCUT2D eigenvalue weighted by Crippen LogP contribution is -2.48. The first-order chi connectivity index (χ1) is 21.9. The van der Waals surface area contributed by atoms with Crippen LogP contribution in [-0.2, 0) is 9.59 Å². The standard InChI is InChI=1S/C41H69NO3/c1-5-7-9-11-13-15-17-19-21-23-25-27-29-31-33-35-39(43)41(45,37-38-42(3)4)40(44)36-34-32-30-28-26-24-22-20-18-16-14-12-10-8-6-2/h7-10,13-16,19-22,45H,5-6,11-12,17-18,23-38H2,1-4H3/b9-7-,10-8-,15-13-,16-14-,21-19-,22-20-. The van der Waals surface area contributed by atoms with E-state index < -0.39 is 5.60 Å². The van der Waals surface area contributed by atoms with Gasteiger partial charge < -0.3 is 10.0 Å². The minimum absolute atomic E-state index is 0.186. The number of carbonyl (C=O) groups excluding carboxylic acids is 2. The molecule has 0 bridgehead atoms. The van der Waals surface area contributed by atoms with Gasteiger partial charge in [-0.15, -0.1) is 0 Å². The third-order valence-corrected chi connectivity index (χ3v) is 7.95. The SMILES string of the molecule is CC/C=C\C/C=C\C/C=C\CCCCCCCC(=O)C(O)(CCN(C)C)C(=O)CCCCCCC/C=C\C/C=C\C/C=C\CC. The molecule has 0 aliphatic heterocycles. The second-order valence-electron chi connectivity index (χ2n) is 12.5. The highest BCUT2D eigenvalue weighted by atomic mass is 16.3. The highest BCUT2D eigenvalue weighted by Gasteiger charge is 2.41. The maximum absolute atomic E-state index is 13.1. The number of ketones is 2. The zero-order valence-corrected chi connectivity index (χ0v) is 29.7. The van der Waals surface area contributed by atoms with Crippen molar-refractivity contribution in [1.29, 1.82) is 0 Å². The van der Waals surface area contributed by atoms with Crippen molar-refractivity contribution in [1.82, 2.24) is 4.90 Å². The molecule has 0 aliphatic carbocycles. The fourth-order valence-corrected chi connectivity index (χ4v) is 5.04. The molecular weight excluding hydrogens is 554 g/mol. The van der Waals surface area contributed by atoms with Gasteiger partial charge in [-0.25, -0.2) is 0 Å². The number of hydrogen-bond acceptors (Lipinski definition) is 4. The summed E-state index contributed by atoms with van der Waals surface area (Å²) in [5, 5.41) is 11.3. The van der Waals surface area contributed by atoms with Gasteiger partial charge in [-0.05, 0) is 91.1 Å². The zero-order chi connectivity index (χ0) is 33.3. The zero-order valence-electron chi connectivity index (χ0n) is 29.7. The van der Waals surface area contributed by atoms with E-state index in [1.54, 1.807) is 0 Å². The molecule has 0 saturated heterocycles. The Kier molecular flexibility index (Phi) is 30.1. The molecule has 0 aliphatic rings. The third kappa shape index (κ3) is 26.6. The molecule has 4 heteroatoms. The van der Waals surface area contributed by atoms with Crippen molar-refractivity contribution in [3.8, 4) is 0 Å². The molecule has 45 heavy (non-hydrogen) atoms. The Balaban J connectivity index is 4.20. The molecule has 256 valence electrons. The van der Waals surface area contributed by atoms with E-state index in [1.807, 2.05) is 19.0 Å². The van der Waals surface area contributed by atoms with Crippen molar-refractivity contribution >= 4 is 11.6 Å². The van der Waals surface area contributed by atoms with Crippen LogP contribution in [-0.4, -0.2) is 47.8 Å². The molecule has 0 amide bonds. The number of rotatable bonds is 31. The minimum Gasteiger partial charge on any atom is -0.374 e. The van der Waals surface area contributed by atoms with Crippen LogP contribution >= 0.6 is 0 Å². The summed E-state index contributed by atoms with van der Waals surface area (Å²) in [5.74, 6) is -0.566.